The van der Waals surface area contributed by atoms with Crippen molar-refractivity contribution in [3.05, 3.63) is 112 Å². The molecule has 2 aromatic carbocycles. The Morgan fingerprint density at radius 1 is 1.15 bits per heavy atom. The van der Waals surface area contributed by atoms with Crippen molar-refractivity contribution < 1.29 is 14.5 Å². The second-order valence-electron chi connectivity index (χ2n) is 8.72. The van der Waals surface area contributed by atoms with E-state index in [-0.39, 0.29) is 24.2 Å². The molecule has 2 aromatic heterocycles. The number of aromatic nitrogens is 2. The second-order valence-corrected chi connectivity index (χ2v) is 9.52. The minimum absolute atomic E-state index is 0.0109. The molecular formula is C27H23ClN6O4S. The van der Waals surface area contributed by atoms with E-state index >= 15 is 0 Å². The van der Waals surface area contributed by atoms with E-state index in [0.717, 1.165) is 11.4 Å². The van der Waals surface area contributed by atoms with Crippen molar-refractivity contribution in [2.75, 3.05) is 23.9 Å². The molecule has 0 saturated carbocycles. The summed E-state index contributed by atoms with van der Waals surface area (Å²) in [5.74, 6) is -0.326. The van der Waals surface area contributed by atoms with Crippen LogP contribution >= 0.6 is 23.8 Å². The third kappa shape index (κ3) is 5.32. The highest BCUT2D eigenvalue weighted by atomic mass is 35.5. The fourth-order valence-electron chi connectivity index (χ4n) is 4.63. The number of nitrogens with one attached hydrogen (secondary N) is 2. The molecule has 1 saturated heterocycles. The van der Waals surface area contributed by atoms with E-state index in [4.69, 9.17) is 28.6 Å². The molecule has 5 rings (SSSR count). The number of halogens is 1. The zero-order valence-electron chi connectivity index (χ0n) is 20.7. The average Bonchev–Trinajstić information content (AvgIpc) is 3.55. The van der Waals surface area contributed by atoms with Crippen LogP contribution in [0.4, 0.5) is 17.1 Å². The van der Waals surface area contributed by atoms with E-state index in [0.29, 0.717) is 27.2 Å². The molecule has 2 N–H and O–H groups in total. The molecule has 3 heterocycles. The topological polar surface area (TPSA) is 115 Å². The fourth-order valence-corrected chi connectivity index (χ4v) is 5.20. The minimum Gasteiger partial charge on any atom is -0.375 e. The standard InChI is InChI=1S/C27H23ClN6O4S/c1-38-16-24(35)30-21-11-10-18(15-20(21)28)33-26(25(31-27(33)39)22-8-2-3-12-29-22)23-9-5-13-32(23)17-6-4-7-19(14-17)34(36)37/h2-15,25-26H,16H2,1H3,(H,30,35)(H,31,39)/t25-,26-/m1/s1. The highest BCUT2D eigenvalue weighted by molar-refractivity contribution is 7.80. The van der Waals surface area contributed by atoms with Crippen LogP contribution in [0.5, 0.6) is 0 Å². The summed E-state index contributed by atoms with van der Waals surface area (Å²) in [4.78, 5) is 29.6. The molecule has 0 bridgehead atoms. The number of pyridine rings is 1. The molecule has 0 unspecified atom stereocenters. The Morgan fingerprint density at radius 3 is 2.72 bits per heavy atom. The summed E-state index contributed by atoms with van der Waals surface area (Å²) in [7, 11) is 1.44. The number of methoxy groups -OCH3 is 1. The van der Waals surface area contributed by atoms with Gasteiger partial charge in [-0.3, -0.25) is 19.9 Å². The predicted octanol–water partition coefficient (Wildman–Crippen LogP) is 5.20. The SMILES string of the molecule is COCC(=O)Nc1ccc(N2C(=S)N[C@H](c3ccccn3)[C@H]2c2cccn2-c2cccc([N+](=O)[O-])c2)cc1Cl. The van der Waals surface area contributed by atoms with E-state index in [9.17, 15) is 14.9 Å². The lowest BCUT2D eigenvalue weighted by atomic mass is 10.0. The van der Waals surface area contributed by atoms with E-state index in [1.54, 1.807) is 24.4 Å². The maximum Gasteiger partial charge on any atom is 0.271 e. The molecule has 1 amide bonds. The lowest BCUT2D eigenvalue weighted by molar-refractivity contribution is -0.384. The predicted molar refractivity (Wildman–Crippen MR) is 152 cm³/mol. The van der Waals surface area contributed by atoms with E-state index in [2.05, 4.69) is 15.6 Å². The van der Waals surface area contributed by atoms with Gasteiger partial charge >= 0.3 is 0 Å². The molecule has 198 valence electrons. The molecule has 1 fully saturated rings. The van der Waals surface area contributed by atoms with Crippen molar-refractivity contribution in [3.8, 4) is 5.69 Å². The van der Waals surface area contributed by atoms with Gasteiger partial charge in [-0.25, -0.2) is 0 Å². The van der Waals surface area contributed by atoms with Gasteiger partial charge in [0.2, 0.25) is 5.91 Å². The summed E-state index contributed by atoms with van der Waals surface area (Å²) < 4.78 is 6.78. The molecular weight excluding hydrogens is 540 g/mol. The van der Waals surface area contributed by atoms with E-state index in [1.807, 2.05) is 58.1 Å². The van der Waals surface area contributed by atoms with Crippen LogP contribution in [0.15, 0.2) is 85.2 Å². The molecule has 12 heteroatoms. The van der Waals surface area contributed by atoms with Crippen LogP contribution in [0.1, 0.15) is 23.5 Å². The Morgan fingerprint density at radius 2 is 2.00 bits per heavy atom. The van der Waals surface area contributed by atoms with Crippen molar-refractivity contribution in [2.24, 2.45) is 0 Å². The van der Waals surface area contributed by atoms with Crippen molar-refractivity contribution >= 4 is 51.9 Å². The Hall–Kier alpha value is -4.32. The maximum atomic E-state index is 12.0. The molecule has 0 spiro atoms. The zero-order valence-corrected chi connectivity index (χ0v) is 22.2. The number of non-ortho nitro benzene ring substituents is 1. The number of thiocarbonyl (C=S) groups is 1. The Labute approximate surface area is 234 Å². The van der Waals surface area contributed by atoms with Crippen LogP contribution in [0, 0.1) is 10.1 Å². The maximum absolute atomic E-state index is 12.0. The second kappa shape index (κ2) is 11.2. The average molecular weight is 563 g/mol. The van der Waals surface area contributed by atoms with Crippen molar-refractivity contribution in [2.45, 2.75) is 12.1 Å². The molecule has 1 aliphatic rings. The zero-order chi connectivity index (χ0) is 27.5. The van der Waals surface area contributed by atoms with Crippen molar-refractivity contribution in [1.82, 2.24) is 14.9 Å². The van der Waals surface area contributed by atoms with Crippen LogP contribution in [0.2, 0.25) is 5.02 Å². The van der Waals surface area contributed by atoms with Gasteiger partial charge in [0.15, 0.2) is 5.11 Å². The summed E-state index contributed by atoms with van der Waals surface area (Å²) in [6, 6.07) is 20.4. The third-order valence-corrected chi connectivity index (χ3v) is 6.91. The Balaban J connectivity index is 1.60. The van der Waals surface area contributed by atoms with Crippen LogP contribution in [0.3, 0.4) is 0 Å². The van der Waals surface area contributed by atoms with Gasteiger partial charge in [0.05, 0.1) is 33.1 Å². The lowest BCUT2D eigenvalue weighted by Gasteiger charge is -2.29. The molecule has 39 heavy (non-hydrogen) atoms. The summed E-state index contributed by atoms with van der Waals surface area (Å²) in [5, 5.41) is 18.4. The summed E-state index contributed by atoms with van der Waals surface area (Å²) in [6.07, 6.45) is 3.57. The van der Waals surface area contributed by atoms with Gasteiger partial charge in [-0.15, -0.1) is 0 Å². The molecule has 2 atom stereocenters. The Kier molecular flexibility index (Phi) is 7.55. The smallest absolute Gasteiger partial charge is 0.271 e. The van der Waals surface area contributed by atoms with Gasteiger partial charge in [0.25, 0.3) is 5.69 Å². The number of ether oxygens (including phenoxy) is 1. The number of anilines is 2. The first-order valence-electron chi connectivity index (χ1n) is 11.9. The molecule has 4 aromatic rings. The number of carbonyl (C=O) groups is 1. The first-order chi connectivity index (χ1) is 18.9. The van der Waals surface area contributed by atoms with Crippen LogP contribution in [0.25, 0.3) is 5.69 Å². The molecule has 0 aliphatic carbocycles. The normalized spacial score (nSPS) is 16.7. The molecule has 1 aliphatic heterocycles. The number of carbonyl (C=O) groups excluding carboxylic acids is 1. The minimum atomic E-state index is -0.420. The highest BCUT2D eigenvalue weighted by Crippen LogP contribution is 2.43. The number of amides is 1. The van der Waals surface area contributed by atoms with Gasteiger partial charge in [-0.05, 0) is 60.7 Å². The van der Waals surface area contributed by atoms with Crippen molar-refractivity contribution in [3.63, 3.8) is 0 Å². The first kappa shape index (κ1) is 26.3. The first-order valence-corrected chi connectivity index (χ1v) is 12.7. The van der Waals surface area contributed by atoms with Crippen molar-refractivity contribution in [1.29, 1.82) is 0 Å². The van der Waals surface area contributed by atoms with Gasteiger partial charge in [0.1, 0.15) is 12.6 Å². The van der Waals surface area contributed by atoms with Crippen LogP contribution < -0.4 is 15.5 Å². The Bertz CT molecular complexity index is 1550. The van der Waals surface area contributed by atoms with Gasteiger partial charge in [0, 0.05) is 43.0 Å². The molecule has 0 radical (unpaired) electrons. The number of nitro benzene ring substituents is 1. The lowest BCUT2D eigenvalue weighted by Crippen LogP contribution is -2.30. The largest absolute Gasteiger partial charge is 0.375 e. The van der Waals surface area contributed by atoms with Gasteiger partial charge in [-0.2, -0.15) is 0 Å². The number of hydrogen-bond acceptors (Lipinski definition) is 6. The highest BCUT2D eigenvalue weighted by Gasteiger charge is 2.42. The summed E-state index contributed by atoms with van der Waals surface area (Å²) >= 11 is 12.4. The third-order valence-electron chi connectivity index (χ3n) is 6.28. The summed E-state index contributed by atoms with van der Waals surface area (Å²) in [5.41, 5.74) is 3.36. The molecule has 10 nitrogen and oxygen atoms in total. The quantitative estimate of drug-likeness (QED) is 0.171. The number of rotatable bonds is 8. The summed E-state index contributed by atoms with van der Waals surface area (Å²) in [6.45, 7) is -0.0965. The van der Waals surface area contributed by atoms with E-state index in [1.165, 1.54) is 19.2 Å². The monoisotopic (exact) mass is 562 g/mol. The fraction of sp³-hybridized carbons (Fsp3) is 0.148. The number of nitrogens with zero attached hydrogens (tertiary/aromatic N) is 4. The number of hydrogen-bond donors (Lipinski definition) is 2. The number of nitro groups is 1. The van der Waals surface area contributed by atoms with Gasteiger partial charge < -0.3 is 24.8 Å². The van der Waals surface area contributed by atoms with E-state index < -0.39 is 11.0 Å². The van der Waals surface area contributed by atoms with Crippen LogP contribution in [-0.2, 0) is 9.53 Å². The number of benzene rings is 2. The van der Waals surface area contributed by atoms with Gasteiger partial charge in [-0.1, -0.05) is 23.7 Å². The van der Waals surface area contributed by atoms with Crippen LogP contribution in [-0.4, -0.2) is 39.2 Å².